The van der Waals surface area contributed by atoms with Crippen molar-refractivity contribution in [2.75, 3.05) is 0 Å². The Morgan fingerprint density at radius 3 is 2.70 bits per heavy atom. The van der Waals surface area contributed by atoms with Crippen molar-refractivity contribution in [2.45, 2.75) is 19.9 Å². The normalized spacial score (nSPS) is 11.1. The van der Waals surface area contributed by atoms with E-state index < -0.39 is 11.8 Å². The van der Waals surface area contributed by atoms with Crippen LogP contribution in [0.25, 0.3) is 0 Å². The van der Waals surface area contributed by atoms with E-state index in [-0.39, 0.29) is 6.54 Å². The van der Waals surface area contributed by atoms with Gasteiger partial charge in [0, 0.05) is 5.02 Å². The van der Waals surface area contributed by atoms with Crippen molar-refractivity contribution >= 4 is 29.1 Å². The maximum absolute atomic E-state index is 11.7. The van der Waals surface area contributed by atoms with Crippen molar-refractivity contribution in [3.05, 3.63) is 59.0 Å². The lowest BCUT2D eigenvalue weighted by molar-refractivity contribution is -0.139. The molecule has 2 rings (SSSR count). The summed E-state index contributed by atoms with van der Waals surface area (Å²) in [5, 5.41) is 7.01. The Balaban J connectivity index is 1.93. The van der Waals surface area contributed by atoms with Crippen LogP contribution in [0, 0.1) is 0 Å². The molecule has 2 aromatic rings. The van der Waals surface area contributed by atoms with Crippen molar-refractivity contribution in [3.8, 4) is 0 Å². The first-order valence-electron chi connectivity index (χ1n) is 7.03. The minimum absolute atomic E-state index is 0.137. The molecular weight excluding hydrogens is 318 g/mol. The fourth-order valence-corrected chi connectivity index (χ4v) is 2.04. The third-order valence-corrected chi connectivity index (χ3v) is 3.23. The first-order chi connectivity index (χ1) is 11.1. The van der Waals surface area contributed by atoms with Crippen LogP contribution in [0.15, 0.2) is 52.2 Å². The van der Waals surface area contributed by atoms with E-state index >= 15 is 0 Å². The lowest BCUT2D eigenvalue weighted by Gasteiger charge is -2.06. The Morgan fingerprint density at radius 1 is 1.22 bits per heavy atom. The second-order valence-corrected chi connectivity index (χ2v) is 5.06. The molecular formula is C16H16ClN3O3. The number of nitrogens with zero attached hydrogens (tertiary/aromatic N) is 1. The van der Waals surface area contributed by atoms with Gasteiger partial charge in [0.25, 0.3) is 0 Å². The summed E-state index contributed by atoms with van der Waals surface area (Å²) >= 11 is 5.93. The molecule has 0 radical (unpaired) electrons. The summed E-state index contributed by atoms with van der Waals surface area (Å²) < 4.78 is 5.06. The van der Waals surface area contributed by atoms with Crippen LogP contribution in [0.2, 0.25) is 5.02 Å². The maximum Gasteiger partial charge on any atom is 0.329 e. The molecule has 0 atom stereocenters. The van der Waals surface area contributed by atoms with Crippen molar-refractivity contribution in [1.29, 1.82) is 0 Å². The van der Waals surface area contributed by atoms with Gasteiger partial charge in [-0.2, -0.15) is 5.10 Å². The first-order valence-corrected chi connectivity index (χ1v) is 7.41. The predicted octanol–water partition coefficient (Wildman–Crippen LogP) is 2.48. The van der Waals surface area contributed by atoms with Gasteiger partial charge in [0.15, 0.2) is 0 Å². The monoisotopic (exact) mass is 333 g/mol. The minimum Gasteiger partial charge on any atom is -0.467 e. The number of rotatable bonds is 5. The van der Waals surface area contributed by atoms with Gasteiger partial charge in [0.05, 0.1) is 18.5 Å². The van der Waals surface area contributed by atoms with Crippen molar-refractivity contribution in [2.24, 2.45) is 5.10 Å². The molecule has 0 saturated carbocycles. The molecule has 0 unspecified atom stereocenters. The summed E-state index contributed by atoms with van der Waals surface area (Å²) in [5.74, 6) is -1.07. The number of carbonyl (C=O) groups excluding carboxylic acids is 2. The van der Waals surface area contributed by atoms with Crippen LogP contribution in [0.5, 0.6) is 0 Å². The number of furan rings is 1. The number of hydrogen-bond acceptors (Lipinski definition) is 4. The number of amides is 2. The fourth-order valence-electron chi connectivity index (χ4n) is 1.85. The van der Waals surface area contributed by atoms with Crippen LogP contribution in [0.1, 0.15) is 24.7 Å². The Morgan fingerprint density at radius 2 is 2.04 bits per heavy atom. The van der Waals surface area contributed by atoms with E-state index in [1.165, 1.54) is 6.26 Å². The van der Waals surface area contributed by atoms with Gasteiger partial charge in [0.1, 0.15) is 5.76 Å². The van der Waals surface area contributed by atoms with E-state index in [1.54, 1.807) is 30.3 Å². The Hall–Kier alpha value is -2.60. The summed E-state index contributed by atoms with van der Waals surface area (Å²) in [7, 11) is 0. The zero-order chi connectivity index (χ0) is 16.7. The Labute approximate surface area is 138 Å². The molecule has 6 nitrogen and oxygen atoms in total. The molecule has 0 fully saturated rings. The molecule has 0 aliphatic carbocycles. The number of benzene rings is 1. The van der Waals surface area contributed by atoms with Crippen LogP contribution in [-0.4, -0.2) is 17.5 Å². The zero-order valence-corrected chi connectivity index (χ0v) is 13.3. The molecule has 2 amide bonds. The number of hydrogen-bond donors (Lipinski definition) is 2. The van der Waals surface area contributed by atoms with Crippen LogP contribution >= 0.6 is 11.6 Å². The van der Waals surface area contributed by atoms with E-state index in [4.69, 9.17) is 16.0 Å². The van der Waals surface area contributed by atoms with Crippen molar-refractivity contribution < 1.29 is 14.0 Å². The summed E-state index contributed by atoms with van der Waals surface area (Å²) in [5.41, 5.74) is 3.66. The standard InChI is InChI=1S/C16H16ClN3O3/c1-2-14(11-5-3-6-12(17)9-11)19-20-16(22)15(21)18-10-13-7-4-8-23-13/h3-9H,2,10H2,1H3,(H,18,21)(H,20,22)/b19-14+. The molecule has 1 aromatic heterocycles. The van der Waals surface area contributed by atoms with Gasteiger partial charge < -0.3 is 9.73 Å². The smallest absolute Gasteiger partial charge is 0.329 e. The Kier molecular flexibility index (Phi) is 5.94. The second-order valence-electron chi connectivity index (χ2n) is 4.63. The van der Waals surface area contributed by atoms with Crippen LogP contribution in [0.4, 0.5) is 0 Å². The van der Waals surface area contributed by atoms with Crippen molar-refractivity contribution in [3.63, 3.8) is 0 Å². The lowest BCUT2D eigenvalue weighted by Crippen LogP contribution is -2.37. The van der Waals surface area contributed by atoms with E-state index in [1.807, 2.05) is 13.0 Å². The average Bonchev–Trinajstić information content (AvgIpc) is 3.06. The molecule has 7 heteroatoms. The van der Waals surface area contributed by atoms with E-state index in [0.29, 0.717) is 22.9 Å². The summed E-state index contributed by atoms with van der Waals surface area (Å²) in [6, 6.07) is 10.5. The average molecular weight is 334 g/mol. The molecule has 1 heterocycles. The second kappa shape index (κ2) is 8.14. The molecule has 0 aliphatic rings. The summed E-state index contributed by atoms with van der Waals surface area (Å²) in [6.07, 6.45) is 2.07. The topological polar surface area (TPSA) is 83.7 Å². The number of halogens is 1. The molecule has 0 aliphatic heterocycles. The predicted molar refractivity (Wildman–Crippen MR) is 87.0 cm³/mol. The summed E-state index contributed by atoms with van der Waals surface area (Å²) in [4.78, 5) is 23.4. The van der Waals surface area contributed by atoms with Crippen molar-refractivity contribution in [1.82, 2.24) is 10.7 Å². The number of nitrogens with one attached hydrogen (secondary N) is 2. The molecule has 1 aromatic carbocycles. The number of hydrazone groups is 1. The SMILES string of the molecule is CC/C(=N\NC(=O)C(=O)NCc1ccco1)c1cccc(Cl)c1. The molecule has 0 saturated heterocycles. The highest BCUT2D eigenvalue weighted by Gasteiger charge is 2.13. The van der Waals surface area contributed by atoms with Gasteiger partial charge in [-0.1, -0.05) is 30.7 Å². The van der Waals surface area contributed by atoms with E-state index in [2.05, 4.69) is 15.8 Å². The lowest BCUT2D eigenvalue weighted by atomic mass is 10.1. The van der Waals surface area contributed by atoms with Gasteiger partial charge in [-0.25, -0.2) is 5.43 Å². The highest BCUT2D eigenvalue weighted by atomic mass is 35.5. The molecule has 0 bridgehead atoms. The molecule has 120 valence electrons. The highest BCUT2D eigenvalue weighted by Crippen LogP contribution is 2.12. The number of carbonyl (C=O) groups is 2. The van der Waals surface area contributed by atoms with Gasteiger partial charge in [-0.15, -0.1) is 0 Å². The largest absolute Gasteiger partial charge is 0.467 e. The highest BCUT2D eigenvalue weighted by molar-refractivity contribution is 6.35. The minimum atomic E-state index is -0.843. The van der Waals surface area contributed by atoms with E-state index in [9.17, 15) is 9.59 Å². The Bertz CT molecular complexity index is 711. The molecule has 0 spiro atoms. The van der Waals surface area contributed by atoms with E-state index in [0.717, 1.165) is 5.56 Å². The quantitative estimate of drug-likeness (QED) is 0.501. The van der Waals surface area contributed by atoms with Gasteiger partial charge in [-0.05, 0) is 36.2 Å². The van der Waals surface area contributed by atoms with Crippen LogP contribution < -0.4 is 10.7 Å². The van der Waals surface area contributed by atoms with Crippen LogP contribution in [0.3, 0.4) is 0 Å². The molecule has 2 N–H and O–H groups in total. The summed E-state index contributed by atoms with van der Waals surface area (Å²) in [6.45, 7) is 2.03. The third kappa shape index (κ3) is 4.96. The van der Waals surface area contributed by atoms with Gasteiger partial charge in [-0.3, -0.25) is 9.59 Å². The third-order valence-electron chi connectivity index (χ3n) is 2.99. The fraction of sp³-hybridized carbons (Fsp3) is 0.188. The van der Waals surface area contributed by atoms with Crippen LogP contribution in [-0.2, 0) is 16.1 Å². The first kappa shape index (κ1) is 16.8. The van der Waals surface area contributed by atoms with Gasteiger partial charge in [0.2, 0.25) is 0 Å². The molecule has 23 heavy (non-hydrogen) atoms. The zero-order valence-electron chi connectivity index (χ0n) is 12.5. The maximum atomic E-state index is 11.7. The van der Waals surface area contributed by atoms with Gasteiger partial charge >= 0.3 is 11.8 Å².